The number of carbonyl (C=O) groups excluding carboxylic acids is 3. The van der Waals surface area contributed by atoms with Crippen molar-refractivity contribution in [3.8, 4) is 0 Å². The summed E-state index contributed by atoms with van der Waals surface area (Å²) in [5.41, 5.74) is 0. The van der Waals surface area contributed by atoms with Crippen LogP contribution in [0.25, 0.3) is 0 Å². The Morgan fingerprint density at radius 1 is 0.259 bits per heavy atom. The van der Waals surface area contributed by atoms with Gasteiger partial charge in [0.1, 0.15) is 13.2 Å². The maximum Gasteiger partial charge on any atom is 0.306 e. The van der Waals surface area contributed by atoms with Gasteiger partial charge >= 0.3 is 17.9 Å². The Bertz CT molecular complexity index is 1810. The van der Waals surface area contributed by atoms with E-state index in [0.29, 0.717) is 19.3 Å². The molecular formula is C75H120O6. The Kier molecular flexibility index (Phi) is 63.4. The molecule has 0 aromatic carbocycles. The van der Waals surface area contributed by atoms with Crippen LogP contribution in [0, 0.1) is 0 Å². The van der Waals surface area contributed by atoms with Gasteiger partial charge in [0.25, 0.3) is 0 Å². The van der Waals surface area contributed by atoms with Crippen molar-refractivity contribution < 1.29 is 28.6 Å². The Morgan fingerprint density at radius 3 is 0.864 bits per heavy atom. The topological polar surface area (TPSA) is 78.9 Å². The van der Waals surface area contributed by atoms with Crippen LogP contribution in [0.4, 0.5) is 0 Å². The molecule has 0 radical (unpaired) electrons. The monoisotopic (exact) mass is 1120 g/mol. The fraction of sp³-hybridized carbons (Fsp3) is 0.613. The number of rotatable bonds is 58. The molecule has 0 saturated carbocycles. The van der Waals surface area contributed by atoms with Gasteiger partial charge in [-0.05, 0) is 135 Å². The third-order valence-corrected chi connectivity index (χ3v) is 13.5. The van der Waals surface area contributed by atoms with E-state index in [1.807, 2.05) is 6.08 Å². The van der Waals surface area contributed by atoms with Gasteiger partial charge in [0.05, 0.1) is 0 Å². The Hall–Kier alpha value is -4.97. The molecule has 456 valence electrons. The molecule has 6 heteroatoms. The van der Waals surface area contributed by atoms with Crippen LogP contribution in [-0.2, 0) is 28.6 Å². The highest BCUT2D eigenvalue weighted by molar-refractivity contribution is 5.71. The standard InChI is InChI=1S/C75H120O6/c1-4-7-10-13-16-19-22-25-28-31-34-36-37-39-41-44-47-50-53-56-59-62-65-68-74(77)80-71-72(70-79-73(76)67-64-61-58-55-52-49-46-43-40-33-30-27-24-21-18-15-12-9-6-3)81-75(78)69-66-63-60-57-54-51-48-45-42-38-35-32-29-26-23-20-17-14-11-8-5-2/h8-9,11-12,17-18,20-21,26-27,29-31,34-35,38,40,43,45,48-49,52,54,57-58,61,72H,4-7,10,13-16,19,22-25,28,32-33,36-37,39,41-42,44,46-47,50-51,53,55-56,59-60,62-71H2,1-3H3/b11-8-,12-9-,20-17-,21-18-,29-26-,30-27-,34-31-,38-35-,43-40-,48-45-,52-49-,57-54-,61-58-. The van der Waals surface area contributed by atoms with Gasteiger partial charge in [-0.2, -0.15) is 0 Å². The molecule has 0 fully saturated rings. The number of hydrogen-bond acceptors (Lipinski definition) is 6. The first-order valence-corrected chi connectivity index (χ1v) is 33.0. The smallest absolute Gasteiger partial charge is 0.306 e. The molecule has 0 N–H and O–H groups in total. The molecule has 0 bridgehead atoms. The van der Waals surface area contributed by atoms with Crippen LogP contribution >= 0.6 is 0 Å². The molecule has 6 nitrogen and oxygen atoms in total. The minimum atomic E-state index is -0.842. The molecular weight excluding hydrogens is 997 g/mol. The fourth-order valence-corrected chi connectivity index (χ4v) is 8.64. The van der Waals surface area contributed by atoms with Crippen LogP contribution in [0.3, 0.4) is 0 Å². The van der Waals surface area contributed by atoms with Crippen molar-refractivity contribution in [2.45, 2.75) is 284 Å². The van der Waals surface area contributed by atoms with Crippen LogP contribution in [0.2, 0.25) is 0 Å². The van der Waals surface area contributed by atoms with E-state index >= 15 is 0 Å². The Balaban J connectivity index is 4.56. The SMILES string of the molecule is CC/C=C\C/C=C\C/C=C\C/C=C\C/C=C\C/C=C\CCCCC(=O)OC(COC(=O)CC/C=C\C/C=C\C/C=C\C/C=C\C/C=C\C/C=C\CC)COC(=O)CCCCCCCCCCCCC/C=C\CCCCCCCCCC. The van der Waals surface area contributed by atoms with E-state index in [1.165, 1.54) is 116 Å². The summed E-state index contributed by atoms with van der Waals surface area (Å²) in [4.78, 5) is 38.4. The second-order valence-corrected chi connectivity index (χ2v) is 21.3. The molecule has 0 aromatic heterocycles. The lowest BCUT2D eigenvalue weighted by atomic mass is 10.0. The lowest BCUT2D eigenvalue weighted by Gasteiger charge is -2.18. The lowest BCUT2D eigenvalue weighted by molar-refractivity contribution is -0.166. The van der Waals surface area contributed by atoms with Gasteiger partial charge in [0, 0.05) is 19.3 Å². The number of hydrogen-bond donors (Lipinski definition) is 0. The summed E-state index contributed by atoms with van der Waals surface area (Å²) in [6.45, 7) is 6.32. The van der Waals surface area contributed by atoms with E-state index in [1.54, 1.807) is 0 Å². The normalized spacial score (nSPS) is 13.2. The maximum atomic E-state index is 12.9. The molecule has 0 spiro atoms. The van der Waals surface area contributed by atoms with Crippen LogP contribution in [0.15, 0.2) is 158 Å². The lowest BCUT2D eigenvalue weighted by Crippen LogP contribution is -2.30. The average molecular weight is 1120 g/mol. The summed E-state index contributed by atoms with van der Waals surface area (Å²) in [6, 6.07) is 0. The number of allylic oxidation sites excluding steroid dienone is 26. The second-order valence-electron chi connectivity index (χ2n) is 21.3. The summed E-state index contributed by atoms with van der Waals surface area (Å²) in [5.74, 6) is -1.06. The van der Waals surface area contributed by atoms with E-state index < -0.39 is 6.10 Å². The summed E-state index contributed by atoms with van der Waals surface area (Å²) in [5, 5.41) is 0. The predicted octanol–water partition coefficient (Wildman–Crippen LogP) is 22.9. The molecule has 0 aliphatic carbocycles. The van der Waals surface area contributed by atoms with Gasteiger partial charge in [-0.3, -0.25) is 14.4 Å². The van der Waals surface area contributed by atoms with E-state index in [2.05, 4.69) is 173 Å². The Labute approximate surface area is 499 Å². The maximum absolute atomic E-state index is 12.9. The minimum absolute atomic E-state index is 0.125. The number of carbonyl (C=O) groups is 3. The van der Waals surface area contributed by atoms with E-state index in [0.717, 1.165) is 109 Å². The molecule has 1 atom stereocenters. The molecule has 0 aromatic rings. The third kappa shape index (κ3) is 65.7. The van der Waals surface area contributed by atoms with Gasteiger partial charge in [0.15, 0.2) is 6.10 Å². The van der Waals surface area contributed by atoms with Crippen molar-refractivity contribution >= 4 is 17.9 Å². The number of unbranched alkanes of at least 4 members (excludes halogenated alkanes) is 21. The largest absolute Gasteiger partial charge is 0.462 e. The summed E-state index contributed by atoms with van der Waals surface area (Å²) in [6.07, 6.45) is 98.4. The summed E-state index contributed by atoms with van der Waals surface area (Å²) in [7, 11) is 0. The molecule has 0 aliphatic heterocycles. The molecule has 0 heterocycles. The highest BCUT2D eigenvalue weighted by atomic mass is 16.6. The van der Waals surface area contributed by atoms with Crippen LogP contribution in [-0.4, -0.2) is 37.2 Å². The van der Waals surface area contributed by atoms with Gasteiger partial charge in [-0.15, -0.1) is 0 Å². The minimum Gasteiger partial charge on any atom is -0.462 e. The van der Waals surface area contributed by atoms with Crippen molar-refractivity contribution in [2.24, 2.45) is 0 Å². The molecule has 0 aliphatic rings. The zero-order valence-corrected chi connectivity index (χ0v) is 52.2. The molecule has 1 unspecified atom stereocenters. The first kappa shape index (κ1) is 76.0. The van der Waals surface area contributed by atoms with Crippen molar-refractivity contribution in [3.05, 3.63) is 158 Å². The molecule has 81 heavy (non-hydrogen) atoms. The fourth-order valence-electron chi connectivity index (χ4n) is 8.64. The van der Waals surface area contributed by atoms with Gasteiger partial charge in [-0.1, -0.05) is 281 Å². The number of esters is 3. The highest BCUT2D eigenvalue weighted by Gasteiger charge is 2.19. The molecule has 0 rings (SSSR count). The highest BCUT2D eigenvalue weighted by Crippen LogP contribution is 2.15. The quantitative estimate of drug-likeness (QED) is 0.0261. The second kappa shape index (κ2) is 67.5. The van der Waals surface area contributed by atoms with E-state index in [-0.39, 0.29) is 44.0 Å². The van der Waals surface area contributed by atoms with Crippen molar-refractivity contribution in [1.82, 2.24) is 0 Å². The van der Waals surface area contributed by atoms with E-state index in [4.69, 9.17) is 14.2 Å². The van der Waals surface area contributed by atoms with Crippen LogP contribution in [0.5, 0.6) is 0 Å². The molecule has 0 amide bonds. The zero-order chi connectivity index (χ0) is 58.5. The first-order chi connectivity index (χ1) is 40.0. The Morgan fingerprint density at radius 2 is 0.506 bits per heavy atom. The van der Waals surface area contributed by atoms with Crippen molar-refractivity contribution in [1.29, 1.82) is 0 Å². The summed E-state index contributed by atoms with van der Waals surface area (Å²) >= 11 is 0. The van der Waals surface area contributed by atoms with Crippen molar-refractivity contribution in [2.75, 3.05) is 13.2 Å². The van der Waals surface area contributed by atoms with E-state index in [9.17, 15) is 14.4 Å². The van der Waals surface area contributed by atoms with Crippen LogP contribution < -0.4 is 0 Å². The van der Waals surface area contributed by atoms with Gasteiger partial charge in [0.2, 0.25) is 0 Å². The van der Waals surface area contributed by atoms with Gasteiger partial charge < -0.3 is 14.2 Å². The molecule has 0 saturated heterocycles. The zero-order valence-electron chi connectivity index (χ0n) is 52.2. The average Bonchev–Trinajstić information content (AvgIpc) is 3.47. The van der Waals surface area contributed by atoms with Gasteiger partial charge in [-0.25, -0.2) is 0 Å². The predicted molar refractivity (Wildman–Crippen MR) is 352 cm³/mol. The third-order valence-electron chi connectivity index (χ3n) is 13.5. The first-order valence-electron chi connectivity index (χ1n) is 33.0. The number of ether oxygens (including phenoxy) is 3. The van der Waals surface area contributed by atoms with Crippen molar-refractivity contribution in [3.63, 3.8) is 0 Å². The summed E-state index contributed by atoms with van der Waals surface area (Å²) < 4.78 is 16.8. The van der Waals surface area contributed by atoms with Crippen LogP contribution in [0.1, 0.15) is 278 Å².